The molecule has 0 aliphatic rings. The van der Waals surface area contributed by atoms with E-state index >= 15 is 0 Å². The van der Waals surface area contributed by atoms with Gasteiger partial charge in [0, 0.05) is 5.69 Å². The van der Waals surface area contributed by atoms with Crippen LogP contribution in [-0.2, 0) is 4.79 Å². The quantitative estimate of drug-likeness (QED) is 0.383. The maximum Gasteiger partial charge on any atom is 0.266 e. The Balaban J connectivity index is 1.63. The predicted octanol–water partition coefficient (Wildman–Crippen LogP) is 4.93. The minimum atomic E-state index is -0.836. The van der Waals surface area contributed by atoms with Gasteiger partial charge in [0.15, 0.2) is 0 Å². The van der Waals surface area contributed by atoms with Crippen molar-refractivity contribution in [2.75, 3.05) is 17.2 Å². The minimum absolute atomic E-state index is 0.302. The summed E-state index contributed by atoms with van der Waals surface area (Å²) >= 11 is 1.16. The molecule has 4 rings (SSSR count). The lowest BCUT2D eigenvalue weighted by Gasteiger charge is -2.16. The minimum Gasteiger partial charge on any atom is -0.492 e. The lowest BCUT2D eigenvalue weighted by molar-refractivity contribution is -0.118. The Kier molecular flexibility index (Phi) is 6.97. The number of nitrogens with one attached hydrogen (secondary N) is 2. The van der Waals surface area contributed by atoms with E-state index in [1.165, 1.54) is 10.9 Å². The first kappa shape index (κ1) is 24.2. The summed E-state index contributed by atoms with van der Waals surface area (Å²) in [6.07, 6.45) is 1.35. The van der Waals surface area contributed by atoms with E-state index in [0.29, 0.717) is 44.4 Å². The second-order valence-corrected chi connectivity index (χ2v) is 9.06. The Hall–Kier alpha value is -3.98. The number of aryl methyl sites for hydroxylation is 2. The lowest BCUT2D eigenvalue weighted by Crippen LogP contribution is -2.32. The highest BCUT2D eigenvalue weighted by molar-refractivity contribution is 7.20. The molecule has 2 heterocycles. The Morgan fingerprint density at radius 3 is 2.46 bits per heavy atom. The smallest absolute Gasteiger partial charge is 0.266 e. The third kappa shape index (κ3) is 4.81. The van der Waals surface area contributed by atoms with Crippen molar-refractivity contribution < 1.29 is 14.3 Å². The van der Waals surface area contributed by atoms with Crippen molar-refractivity contribution in [1.82, 2.24) is 9.55 Å². The van der Waals surface area contributed by atoms with Crippen LogP contribution in [0.1, 0.15) is 40.7 Å². The van der Waals surface area contributed by atoms with Crippen molar-refractivity contribution in [2.45, 2.75) is 33.7 Å². The summed E-state index contributed by atoms with van der Waals surface area (Å²) in [5.74, 6) is -0.135. The fourth-order valence-corrected chi connectivity index (χ4v) is 4.77. The first-order valence-corrected chi connectivity index (χ1v) is 12.0. The van der Waals surface area contributed by atoms with E-state index < -0.39 is 6.04 Å². The average Bonchev–Trinajstić information content (AvgIpc) is 3.19. The molecule has 0 radical (unpaired) electrons. The number of carbonyl (C=O) groups excluding carboxylic acids is 2. The number of ether oxygens (including phenoxy) is 1. The number of fused-ring (bicyclic) bond motifs is 1. The Bertz CT molecular complexity index is 1470. The average molecular weight is 491 g/mol. The van der Waals surface area contributed by atoms with Crippen LogP contribution in [0.5, 0.6) is 5.75 Å². The maximum atomic E-state index is 13.4. The van der Waals surface area contributed by atoms with Gasteiger partial charge in [0.2, 0.25) is 5.91 Å². The number of thiophene rings is 1. The second kappa shape index (κ2) is 10.1. The molecule has 9 heteroatoms. The standard InChI is InChI=1S/C26H26N4O4S/c1-5-34-20-13-9-8-12-19(20)29-23(31)17(4)30-14-27-25-21(26(30)33)16(3)22(35-25)24(32)28-18-11-7-6-10-15(18)2/h6-14,17H,5H2,1-4H3,(H,28,32)(H,29,31). The Labute approximate surface area is 206 Å². The van der Waals surface area contributed by atoms with E-state index in [4.69, 9.17) is 4.74 Å². The molecule has 2 amide bonds. The number of para-hydroxylation sites is 3. The van der Waals surface area contributed by atoms with E-state index in [0.717, 1.165) is 16.9 Å². The molecule has 0 fully saturated rings. The van der Waals surface area contributed by atoms with Crippen LogP contribution >= 0.6 is 11.3 Å². The van der Waals surface area contributed by atoms with Crippen molar-refractivity contribution in [3.63, 3.8) is 0 Å². The zero-order valence-electron chi connectivity index (χ0n) is 19.9. The van der Waals surface area contributed by atoms with Gasteiger partial charge in [0.1, 0.15) is 16.6 Å². The highest BCUT2D eigenvalue weighted by atomic mass is 32.1. The van der Waals surface area contributed by atoms with E-state index in [1.54, 1.807) is 32.0 Å². The summed E-state index contributed by atoms with van der Waals surface area (Å²) < 4.78 is 6.84. The van der Waals surface area contributed by atoms with Gasteiger partial charge in [-0.3, -0.25) is 19.0 Å². The van der Waals surface area contributed by atoms with Gasteiger partial charge < -0.3 is 15.4 Å². The maximum absolute atomic E-state index is 13.4. The van der Waals surface area contributed by atoms with Crippen LogP contribution < -0.4 is 20.9 Å². The summed E-state index contributed by atoms with van der Waals surface area (Å²) in [7, 11) is 0. The third-order valence-corrected chi connectivity index (χ3v) is 6.92. The van der Waals surface area contributed by atoms with Crippen molar-refractivity contribution in [3.05, 3.63) is 81.2 Å². The number of nitrogens with zero attached hydrogens (tertiary/aromatic N) is 2. The number of anilines is 2. The molecular weight excluding hydrogens is 464 g/mol. The molecule has 0 aliphatic heterocycles. The largest absolute Gasteiger partial charge is 0.492 e. The molecule has 2 N–H and O–H groups in total. The van der Waals surface area contributed by atoms with Gasteiger partial charge in [-0.1, -0.05) is 30.3 Å². The van der Waals surface area contributed by atoms with Crippen molar-refractivity contribution in [1.29, 1.82) is 0 Å². The van der Waals surface area contributed by atoms with E-state index in [9.17, 15) is 14.4 Å². The number of carbonyl (C=O) groups is 2. The summed E-state index contributed by atoms with van der Waals surface area (Å²) in [5.41, 5.74) is 2.33. The molecule has 0 spiro atoms. The Morgan fingerprint density at radius 2 is 1.74 bits per heavy atom. The number of aromatic nitrogens is 2. The number of amides is 2. The van der Waals surface area contributed by atoms with Gasteiger partial charge in [-0.2, -0.15) is 0 Å². The predicted molar refractivity (Wildman–Crippen MR) is 139 cm³/mol. The molecule has 0 saturated carbocycles. The molecule has 0 bridgehead atoms. The first-order valence-electron chi connectivity index (χ1n) is 11.2. The van der Waals surface area contributed by atoms with Gasteiger partial charge in [-0.25, -0.2) is 4.98 Å². The van der Waals surface area contributed by atoms with Gasteiger partial charge >= 0.3 is 0 Å². The van der Waals surface area contributed by atoms with Crippen LogP contribution in [0.25, 0.3) is 10.2 Å². The molecule has 1 atom stereocenters. The lowest BCUT2D eigenvalue weighted by atomic mass is 10.1. The van der Waals surface area contributed by atoms with Crippen LogP contribution in [0.3, 0.4) is 0 Å². The van der Waals surface area contributed by atoms with Gasteiger partial charge in [0.25, 0.3) is 11.5 Å². The summed E-state index contributed by atoms with van der Waals surface area (Å²) in [6.45, 7) is 7.58. The number of benzene rings is 2. The number of rotatable bonds is 7. The molecule has 0 aliphatic carbocycles. The normalized spacial score (nSPS) is 11.8. The van der Waals surface area contributed by atoms with Crippen molar-refractivity contribution in [2.24, 2.45) is 0 Å². The summed E-state index contributed by atoms with van der Waals surface area (Å²) in [4.78, 5) is 44.6. The zero-order chi connectivity index (χ0) is 25.1. The molecule has 1 unspecified atom stereocenters. The molecule has 2 aromatic carbocycles. The number of hydrogen-bond donors (Lipinski definition) is 2. The van der Waals surface area contributed by atoms with E-state index in [2.05, 4.69) is 15.6 Å². The second-order valence-electron chi connectivity index (χ2n) is 8.06. The van der Waals surface area contributed by atoms with Crippen molar-refractivity contribution in [3.8, 4) is 5.75 Å². The SMILES string of the molecule is CCOc1ccccc1NC(=O)C(C)n1cnc2sc(C(=O)Nc3ccccc3C)c(C)c2c1=O. The molecule has 2 aromatic heterocycles. The van der Waals surface area contributed by atoms with E-state index in [-0.39, 0.29) is 17.4 Å². The van der Waals surface area contributed by atoms with Gasteiger partial charge in [-0.15, -0.1) is 11.3 Å². The van der Waals surface area contributed by atoms with Crippen LogP contribution in [0, 0.1) is 13.8 Å². The van der Waals surface area contributed by atoms with E-state index in [1.807, 2.05) is 44.2 Å². The van der Waals surface area contributed by atoms with Crippen LogP contribution in [0.15, 0.2) is 59.7 Å². The highest BCUT2D eigenvalue weighted by Crippen LogP contribution is 2.29. The molecule has 4 aromatic rings. The topological polar surface area (TPSA) is 102 Å². The van der Waals surface area contributed by atoms with Gasteiger partial charge in [0.05, 0.1) is 28.9 Å². The summed E-state index contributed by atoms with van der Waals surface area (Å²) in [5, 5.41) is 6.07. The molecule has 35 heavy (non-hydrogen) atoms. The number of hydrogen-bond acceptors (Lipinski definition) is 6. The molecule has 8 nitrogen and oxygen atoms in total. The van der Waals surface area contributed by atoms with Gasteiger partial charge in [-0.05, 0) is 57.0 Å². The zero-order valence-corrected chi connectivity index (χ0v) is 20.7. The van der Waals surface area contributed by atoms with Crippen molar-refractivity contribution >= 4 is 44.7 Å². The molecule has 0 saturated heterocycles. The fourth-order valence-electron chi connectivity index (χ4n) is 3.74. The highest BCUT2D eigenvalue weighted by Gasteiger charge is 2.23. The van der Waals surface area contributed by atoms with Crippen LogP contribution in [-0.4, -0.2) is 28.0 Å². The monoisotopic (exact) mass is 490 g/mol. The third-order valence-electron chi connectivity index (χ3n) is 5.72. The molecular formula is C26H26N4O4S. The van der Waals surface area contributed by atoms with Crippen LogP contribution in [0.2, 0.25) is 0 Å². The van der Waals surface area contributed by atoms with Crippen LogP contribution in [0.4, 0.5) is 11.4 Å². The summed E-state index contributed by atoms with van der Waals surface area (Å²) in [6, 6.07) is 13.8. The Morgan fingerprint density at radius 1 is 1.06 bits per heavy atom. The first-order chi connectivity index (χ1) is 16.8. The fraction of sp³-hybridized carbons (Fsp3) is 0.231. The molecule has 180 valence electrons.